The first-order valence-corrected chi connectivity index (χ1v) is 4.18. The lowest BCUT2D eigenvalue weighted by Gasteiger charge is -2.28. The number of rotatable bonds is 4. The molecular weight excluding hydrogens is 164 g/mol. The van der Waals surface area contributed by atoms with Gasteiger partial charge in [0, 0.05) is 12.3 Å². The van der Waals surface area contributed by atoms with Crippen molar-refractivity contribution in [3.8, 4) is 12.3 Å². The molecule has 0 aromatic heterocycles. The van der Waals surface area contributed by atoms with Crippen LogP contribution in [0.2, 0.25) is 0 Å². The number of allylic oxidation sites excluding steroid dienone is 1. The molecule has 0 spiro atoms. The van der Waals surface area contributed by atoms with Gasteiger partial charge in [0.25, 0.3) is 0 Å². The second-order valence-electron chi connectivity index (χ2n) is 3.64. The Kier molecular flexibility index (Phi) is 4.27. The van der Waals surface area contributed by atoms with E-state index in [4.69, 9.17) is 11.2 Å². The molecule has 2 heteroatoms. The van der Waals surface area contributed by atoms with Crippen LogP contribution in [-0.4, -0.2) is 12.1 Å². The molecule has 72 valence electrons. The van der Waals surface area contributed by atoms with E-state index in [2.05, 4.69) is 12.5 Å². The Labute approximate surface area is 80.0 Å². The summed E-state index contributed by atoms with van der Waals surface area (Å²) in [6, 6.07) is 0. The summed E-state index contributed by atoms with van der Waals surface area (Å²) >= 11 is 0. The van der Waals surface area contributed by atoms with Crippen LogP contribution in [0, 0.1) is 17.8 Å². The zero-order valence-corrected chi connectivity index (χ0v) is 8.46. The quantitative estimate of drug-likeness (QED) is 0.376. The molecule has 0 aromatic carbocycles. The smallest absolute Gasteiger partial charge is 0.303 e. The first-order valence-electron chi connectivity index (χ1n) is 4.18. The molecule has 0 fully saturated rings. The molecule has 0 saturated heterocycles. The Balaban J connectivity index is 4.47. The Morgan fingerprint density at radius 3 is 2.62 bits per heavy atom. The zero-order valence-electron chi connectivity index (χ0n) is 8.46. The van der Waals surface area contributed by atoms with E-state index in [0.717, 1.165) is 6.42 Å². The fourth-order valence-corrected chi connectivity index (χ4v) is 1.06. The molecule has 2 nitrogen and oxygen atoms in total. The third-order valence-electron chi connectivity index (χ3n) is 1.82. The van der Waals surface area contributed by atoms with Crippen molar-refractivity contribution in [2.45, 2.75) is 33.3 Å². The predicted molar refractivity (Wildman–Crippen MR) is 53.0 cm³/mol. The summed E-state index contributed by atoms with van der Waals surface area (Å²) in [5.74, 6) is 2.12. The molecule has 13 heavy (non-hydrogen) atoms. The zero-order chi connectivity index (χ0) is 10.5. The van der Waals surface area contributed by atoms with E-state index in [1.165, 1.54) is 6.92 Å². The highest BCUT2D eigenvalue weighted by molar-refractivity contribution is 5.66. The first-order chi connectivity index (χ1) is 5.94. The topological polar surface area (TPSA) is 26.3 Å². The lowest BCUT2D eigenvalue weighted by molar-refractivity contribution is -0.148. The maximum absolute atomic E-state index is 10.7. The molecular formula is C11H16O2. The number of carbonyl (C=O) groups excluding carboxylic acids is 1. The Morgan fingerprint density at radius 1 is 1.77 bits per heavy atom. The lowest BCUT2D eigenvalue weighted by Crippen LogP contribution is -2.31. The van der Waals surface area contributed by atoms with Crippen LogP contribution in [0.3, 0.4) is 0 Å². The van der Waals surface area contributed by atoms with Gasteiger partial charge in [0.15, 0.2) is 6.10 Å². The second-order valence-corrected chi connectivity index (χ2v) is 3.64. The molecule has 0 N–H and O–H groups in total. The van der Waals surface area contributed by atoms with Gasteiger partial charge in [0.05, 0.1) is 0 Å². The molecule has 0 saturated carbocycles. The van der Waals surface area contributed by atoms with Crippen molar-refractivity contribution in [3.05, 3.63) is 12.7 Å². The van der Waals surface area contributed by atoms with E-state index in [9.17, 15) is 4.79 Å². The molecule has 1 unspecified atom stereocenters. The van der Waals surface area contributed by atoms with Crippen LogP contribution in [0.1, 0.15) is 27.2 Å². The normalized spacial score (nSPS) is 12.8. The van der Waals surface area contributed by atoms with Crippen molar-refractivity contribution in [3.63, 3.8) is 0 Å². The van der Waals surface area contributed by atoms with E-state index in [0.29, 0.717) is 0 Å². The third-order valence-corrected chi connectivity index (χ3v) is 1.82. The average Bonchev–Trinajstić information content (AvgIpc) is 1.99. The minimum atomic E-state index is -0.483. The summed E-state index contributed by atoms with van der Waals surface area (Å²) in [6.07, 6.45) is 7.28. The van der Waals surface area contributed by atoms with Crippen LogP contribution in [-0.2, 0) is 9.53 Å². The molecule has 1 atom stereocenters. The van der Waals surface area contributed by atoms with Crippen molar-refractivity contribution < 1.29 is 9.53 Å². The van der Waals surface area contributed by atoms with Crippen molar-refractivity contribution in [1.82, 2.24) is 0 Å². The first kappa shape index (κ1) is 11.8. The van der Waals surface area contributed by atoms with Crippen molar-refractivity contribution in [2.75, 3.05) is 0 Å². The van der Waals surface area contributed by atoms with Gasteiger partial charge in [-0.05, 0) is 6.42 Å². The van der Waals surface area contributed by atoms with Crippen molar-refractivity contribution >= 4 is 5.97 Å². The third kappa shape index (κ3) is 3.80. The fourth-order valence-electron chi connectivity index (χ4n) is 1.06. The molecule has 0 aliphatic carbocycles. The summed E-state index contributed by atoms with van der Waals surface area (Å²) in [5, 5.41) is 0. The largest absolute Gasteiger partial charge is 0.449 e. The van der Waals surface area contributed by atoms with Crippen LogP contribution in [0.25, 0.3) is 0 Å². The van der Waals surface area contributed by atoms with Gasteiger partial charge in [-0.1, -0.05) is 25.8 Å². The number of terminal acetylenes is 1. The Hall–Kier alpha value is -1.23. The van der Waals surface area contributed by atoms with E-state index >= 15 is 0 Å². The minimum Gasteiger partial charge on any atom is -0.449 e. The second kappa shape index (κ2) is 4.71. The SMILES string of the molecule is C#CC(OC(C)=O)C(C)(C)CC=C. The van der Waals surface area contributed by atoms with Crippen LogP contribution in [0.4, 0.5) is 0 Å². The van der Waals surface area contributed by atoms with Gasteiger partial charge in [-0.2, -0.15) is 0 Å². The van der Waals surface area contributed by atoms with Gasteiger partial charge in [-0.25, -0.2) is 0 Å². The standard InChI is InChI=1S/C11H16O2/c1-6-8-11(4,5)10(7-2)13-9(3)12/h2,6,10H,1,8H2,3-5H3. The number of hydrogen-bond acceptors (Lipinski definition) is 2. The Morgan fingerprint density at radius 2 is 2.31 bits per heavy atom. The number of carbonyl (C=O) groups is 1. The molecule has 0 aliphatic rings. The molecule has 0 aliphatic heterocycles. The van der Waals surface area contributed by atoms with Crippen molar-refractivity contribution in [2.24, 2.45) is 5.41 Å². The van der Waals surface area contributed by atoms with E-state index in [1.54, 1.807) is 6.08 Å². The van der Waals surface area contributed by atoms with Crippen LogP contribution >= 0.6 is 0 Å². The predicted octanol–water partition coefficient (Wildman–Crippen LogP) is 2.15. The molecule has 0 aromatic rings. The van der Waals surface area contributed by atoms with E-state index < -0.39 is 6.10 Å². The lowest BCUT2D eigenvalue weighted by atomic mass is 9.83. The summed E-state index contributed by atoms with van der Waals surface area (Å²) < 4.78 is 4.99. The van der Waals surface area contributed by atoms with E-state index in [-0.39, 0.29) is 11.4 Å². The molecule has 0 rings (SSSR count). The molecule has 0 bridgehead atoms. The highest BCUT2D eigenvalue weighted by atomic mass is 16.5. The molecule has 0 heterocycles. The van der Waals surface area contributed by atoms with E-state index in [1.807, 2.05) is 13.8 Å². The summed E-state index contributed by atoms with van der Waals surface area (Å²) in [7, 11) is 0. The number of hydrogen-bond donors (Lipinski definition) is 0. The minimum absolute atomic E-state index is 0.248. The van der Waals surface area contributed by atoms with Crippen LogP contribution in [0.15, 0.2) is 12.7 Å². The summed E-state index contributed by atoms with van der Waals surface area (Å²) in [4.78, 5) is 10.7. The van der Waals surface area contributed by atoms with Gasteiger partial charge in [-0.15, -0.1) is 13.0 Å². The van der Waals surface area contributed by atoms with Crippen molar-refractivity contribution in [1.29, 1.82) is 0 Å². The number of ether oxygens (including phenoxy) is 1. The summed E-state index contributed by atoms with van der Waals surface area (Å²) in [6.45, 7) is 8.88. The van der Waals surface area contributed by atoms with Crippen LogP contribution < -0.4 is 0 Å². The highest BCUT2D eigenvalue weighted by Gasteiger charge is 2.29. The van der Waals surface area contributed by atoms with Gasteiger partial charge in [0.1, 0.15) is 0 Å². The summed E-state index contributed by atoms with van der Waals surface area (Å²) in [5.41, 5.74) is -0.248. The van der Waals surface area contributed by atoms with Gasteiger partial charge in [0.2, 0.25) is 0 Å². The highest BCUT2D eigenvalue weighted by Crippen LogP contribution is 2.27. The van der Waals surface area contributed by atoms with Gasteiger partial charge < -0.3 is 4.74 Å². The average molecular weight is 180 g/mol. The van der Waals surface area contributed by atoms with Gasteiger partial charge >= 0.3 is 5.97 Å². The molecule has 0 amide bonds. The Bertz CT molecular complexity index is 233. The molecule has 0 radical (unpaired) electrons. The van der Waals surface area contributed by atoms with Crippen LogP contribution in [0.5, 0.6) is 0 Å². The maximum atomic E-state index is 10.7. The fraction of sp³-hybridized carbons (Fsp3) is 0.545. The maximum Gasteiger partial charge on any atom is 0.303 e. The van der Waals surface area contributed by atoms with Gasteiger partial charge in [-0.3, -0.25) is 4.79 Å². The monoisotopic (exact) mass is 180 g/mol. The number of esters is 1.